The summed E-state index contributed by atoms with van der Waals surface area (Å²) in [5, 5.41) is 14.0. The smallest absolute Gasteiger partial charge is 0.321 e. The molecule has 158 valence electrons. The van der Waals surface area contributed by atoms with Crippen molar-refractivity contribution in [1.82, 2.24) is 29.8 Å². The van der Waals surface area contributed by atoms with E-state index in [-0.39, 0.29) is 11.3 Å². The van der Waals surface area contributed by atoms with Crippen LogP contribution in [0.1, 0.15) is 11.1 Å². The Labute approximate surface area is 181 Å². The molecule has 2 N–H and O–H groups in total. The third-order valence-electron chi connectivity index (χ3n) is 4.75. The Balaban J connectivity index is 1.77. The van der Waals surface area contributed by atoms with Crippen molar-refractivity contribution in [2.24, 2.45) is 0 Å². The molecular formula is C21H20N6O3S. The van der Waals surface area contributed by atoms with Crippen molar-refractivity contribution in [3.05, 3.63) is 70.0 Å². The van der Waals surface area contributed by atoms with Crippen LogP contribution in [0.25, 0.3) is 16.7 Å². The lowest BCUT2D eigenvalue weighted by Gasteiger charge is -2.11. The lowest BCUT2D eigenvalue weighted by molar-refractivity contribution is -0.117. The van der Waals surface area contributed by atoms with E-state index in [1.807, 2.05) is 43.3 Å². The van der Waals surface area contributed by atoms with E-state index in [9.17, 15) is 14.4 Å². The normalized spacial score (nSPS) is 11.0. The van der Waals surface area contributed by atoms with Gasteiger partial charge in [-0.1, -0.05) is 53.7 Å². The summed E-state index contributed by atoms with van der Waals surface area (Å²) in [5.41, 5.74) is 2.59. The molecule has 2 aromatic carbocycles. The second-order valence-electron chi connectivity index (χ2n) is 6.93. The van der Waals surface area contributed by atoms with Gasteiger partial charge in [0.2, 0.25) is 11.7 Å². The molecule has 4 rings (SSSR count). The second kappa shape index (κ2) is 8.60. The number of carbonyl (C=O) groups is 2. The Morgan fingerprint density at radius 3 is 2.55 bits per heavy atom. The van der Waals surface area contributed by atoms with Crippen LogP contribution in [-0.4, -0.2) is 43.9 Å². The first-order valence-electron chi connectivity index (χ1n) is 9.54. The van der Waals surface area contributed by atoms with Crippen LogP contribution in [0, 0.1) is 6.92 Å². The summed E-state index contributed by atoms with van der Waals surface area (Å²) in [7, 11) is 1.43. The molecule has 0 aliphatic heterocycles. The lowest BCUT2D eigenvalue weighted by atomic mass is 10.1. The van der Waals surface area contributed by atoms with Crippen LogP contribution < -0.4 is 16.2 Å². The Bertz CT molecular complexity index is 1340. The van der Waals surface area contributed by atoms with Gasteiger partial charge in [-0.2, -0.15) is 0 Å². The molecule has 0 radical (unpaired) electrons. The molecule has 2 heterocycles. The Hall–Kier alpha value is -3.66. The minimum Gasteiger partial charge on any atom is -0.341 e. The van der Waals surface area contributed by atoms with Crippen molar-refractivity contribution in [1.29, 1.82) is 0 Å². The standard InChI is InChI=1S/C21H20N6O3S/c1-13-7-9-14(10-8-13)11-26-18(29)15-5-3-4-6-16(15)27-20(26)24-25-21(27)31-12-17(28)23-19(30)22-2/h3-10H,11-12H2,1-2H3,(H2,22,23,28,30). The van der Waals surface area contributed by atoms with Gasteiger partial charge < -0.3 is 5.32 Å². The minimum absolute atomic E-state index is 0.0281. The number of fused-ring (bicyclic) bond motifs is 3. The molecule has 31 heavy (non-hydrogen) atoms. The SMILES string of the molecule is CNC(=O)NC(=O)CSc1nnc2n(Cc3ccc(C)cc3)c(=O)c3ccccc3n12. The van der Waals surface area contributed by atoms with Crippen LogP contribution in [-0.2, 0) is 11.3 Å². The zero-order valence-electron chi connectivity index (χ0n) is 17.0. The summed E-state index contributed by atoms with van der Waals surface area (Å²) in [6.07, 6.45) is 0. The number of nitrogens with zero attached hydrogens (tertiary/aromatic N) is 4. The highest BCUT2D eigenvalue weighted by molar-refractivity contribution is 7.99. The number of rotatable bonds is 5. The number of thioether (sulfide) groups is 1. The summed E-state index contributed by atoms with van der Waals surface area (Å²) in [4.78, 5) is 36.5. The van der Waals surface area contributed by atoms with E-state index in [0.717, 1.165) is 22.9 Å². The number of aromatic nitrogens is 4. The van der Waals surface area contributed by atoms with Crippen LogP contribution in [0.4, 0.5) is 4.79 Å². The van der Waals surface area contributed by atoms with Crippen molar-refractivity contribution >= 4 is 40.4 Å². The zero-order valence-corrected chi connectivity index (χ0v) is 17.8. The van der Waals surface area contributed by atoms with Crippen molar-refractivity contribution in [3.8, 4) is 0 Å². The topological polar surface area (TPSA) is 110 Å². The van der Waals surface area contributed by atoms with E-state index in [1.54, 1.807) is 21.1 Å². The number of carbonyl (C=O) groups excluding carboxylic acids is 2. The number of aryl methyl sites for hydroxylation is 1. The largest absolute Gasteiger partial charge is 0.341 e. The summed E-state index contributed by atoms with van der Waals surface area (Å²) in [6, 6.07) is 14.6. The first-order valence-corrected chi connectivity index (χ1v) is 10.5. The van der Waals surface area contributed by atoms with Gasteiger partial charge in [-0.25, -0.2) is 4.79 Å². The van der Waals surface area contributed by atoms with Gasteiger partial charge in [-0.05, 0) is 24.6 Å². The predicted molar refractivity (Wildman–Crippen MR) is 118 cm³/mol. The second-order valence-corrected chi connectivity index (χ2v) is 7.87. The summed E-state index contributed by atoms with van der Waals surface area (Å²) < 4.78 is 3.34. The highest BCUT2D eigenvalue weighted by atomic mass is 32.2. The van der Waals surface area contributed by atoms with Gasteiger partial charge in [-0.15, -0.1) is 10.2 Å². The number of para-hydroxylation sites is 1. The van der Waals surface area contributed by atoms with E-state index in [2.05, 4.69) is 20.8 Å². The average molecular weight is 436 g/mol. The third kappa shape index (κ3) is 4.15. The number of urea groups is 1. The van der Waals surface area contributed by atoms with Crippen LogP contribution in [0.15, 0.2) is 58.5 Å². The van der Waals surface area contributed by atoms with Gasteiger partial charge >= 0.3 is 6.03 Å². The van der Waals surface area contributed by atoms with Crippen LogP contribution in [0.3, 0.4) is 0 Å². The minimum atomic E-state index is -0.575. The molecular weight excluding hydrogens is 416 g/mol. The van der Waals surface area contributed by atoms with Gasteiger partial charge in [-0.3, -0.25) is 23.9 Å². The summed E-state index contributed by atoms with van der Waals surface area (Å²) >= 11 is 1.14. The quantitative estimate of drug-likeness (QED) is 0.463. The maximum Gasteiger partial charge on any atom is 0.321 e. The summed E-state index contributed by atoms with van der Waals surface area (Å²) in [5.74, 6) is -0.100. The van der Waals surface area contributed by atoms with Gasteiger partial charge in [0.15, 0.2) is 5.16 Å². The molecule has 0 fully saturated rings. The van der Waals surface area contributed by atoms with Gasteiger partial charge in [0.05, 0.1) is 23.2 Å². The molecule has 0 aliphatic carbocycles. The van der Waals surface area contributed by atoms with Crippen molar-refractivity contribution in [2.75, 3.05) is 12.8 Å². The lowest BCUT2D eigenvalue weighted by Crippen LogP contribution is -2.38. The number of hydrogen-bond donors (Lipinski definition) is 2. The van der Waals surface area contributed by atoms with Gasteiger partial charge in [0.1, 0.15) is 0 Å². The molecule has 0 saturated carbocycles. The van der Waals surface area contributed by atoms with E-state index < -0.39 is 11.9 Å². The third-order valence-corrected chi connectivity index (χ3v) is 5.68. The molecule has 0 spiro atoms. The summed E-state index contributed by atoms with van der Waals surface area (Å²) in [6.45, 7) is 2.35. The fourth-order valence-corrected chi connectivity index (χ4v) is 3.94. The number of amides is 3. The van der Waals surface area contributed by atoms with Gasteiger partial charge in [0, 0.05) is 7.05 Å². The van der Waals surface area contributed by atoms with Crippen LogP contribution >= 0.6 is 11.8 Å². The highest BCUT2D eigenvalue weighted by Gasteiger charge is 2.18. The molecule has 10 heteroatoms. The zero-order chi connectivity index (χ0) is 22.0. The number of nitrogens with one attached hydrogen (secondary N) is 2. The fraction of sp³-hybridized carbons (Fsp3) is 0.190. The van der Waals surface area contributed by atoms with Gasteiger partial charge in [0.25, 0.3) is 5.56 Å². The molecule has 0 atom stereocenters. The molecule has 0 aliphatic rings. The first-order chi connectivity index (χ1) is 15.0. The van der Waals surface area contributed by atoms with Crippen LogP contribution in [0.2, 0.25) is 0 Å². The van der Waals surface area contributed by atoms with Crippen LogP contribution in [0.5, 0.6) is 0 Å². The van der Waals surface area contributed by atoms with Crippen molar-refractivity contribution in [2.45, 2.75) is 18.6 Å². The molecule has 0 unspecified atom stereocenters. The molecule has 0 saturated heterocycles. The number of benzene rings is 2. The van der Waals surface area contributed by atoms with E-state index in [1.165, 1.54) is 7.05 Å². The van der Waals surface area contributed by atoms with E-state index >= 15 is 0 Å². The molecule has 9 nitrogen and oxygen atoms in total. The maximum absolute atomic E-state index is 13.2. The number of imide groups is 1. The Morgan fingerprint density at radius 1 is 1.06 bits per heavy atom. The monoisotopic (exact) mass is 436 g/mol. The van der Waals surface area contributed by atoms with Crippen molar-refractivity contribution < 1.29 is 9.59 Å². The average Bonchev–Trinajstić information content (AvgIpc) is 3.20. The predicted octanol–water partition coefficient (Wildman–Crippen LogP) is 1.95. The Morgan fingerprint density at radius 2 is 1.81 bits per heavy atom. The maximum atomic E-state index is 13.2. The number of hydrogen-bond acceptors (Lipinski definition) is 6. The first kappa shape index (κ1) is 20.6. The van der Waals surface area contributed by atoms with Crippen molar-refractivity contribution in [3.63, 3.8) is 0 Å². The Kier molecular flexibility index (Phi) is 5.72. The molecule has 0 bridgehead atoms. The van der Waals surface area contributed by atoms with E-state index in [4.69, 9.17) is 0 Å². The highest BCUT2D eigenvalue weighted by Crippen LogP contribution is 2.22. The molecule has 4 aromatic rings. The molecule has 3 amide bonds. The fourth-order valence-electron chi connectivity index (χ4n) is 3.20. The van der Waals surface area contributed by atoms with E-state index in [0.29, 0.717) is 28.4 Å². The molecule has 2 aromatic heterocycles.